The van der Waals surface area contributed by atoms with Gasteiger partial charge in [-0.3, -0.25) is 14.4 Å². The van der Waals surface area contributed by atoms with E-state index in [1.54, 1.807) is 6.20 Å². The topological polar surface area (TPSA) is 89.4 Å². The Labute approximate surface area is 233 Å². The van der Waals surface area contributed by atoms with Crippen LogP contribution in [0.25, 0.3) is 10.9 Å². The predicted molar refractivity (Wildman–Crippen MR) is 145 cm³/mol. The number of nitrogens with zero attached hydrogens (tertiary/aromatic N) is 1. The molecule has 1 heterocycles. The number of carbonyl (C=O) groups is 2. The summed E-state index contributed by atoms with van der Waals surface area (Å²) in [5.74, 6) is -1.33. The van der Waals surface area contributed by atoms with E-state index in [-0.39, 0.29) is 45.6 Å². The van der Waals surface area contributed by atoms with Gasteiger partial charge in [0.25, 0.3) is 11.8 Å². The molecular formula is C29H29ClF3N3O4. The summed E-state index contributed by atoms with van der Waals surface area (Å²) in [6, 6.07) is 8.04. The van der Waals surface area contributed by atoms with Crippen LogP contribution in [0.3, 0.4) is 0 Å². The third kappa shape index (κ3) is 6.43. The molecule has 2 amide bonds. The number of pyridine rings is 1. The molecule has 3 aromatic rings. The second-order valence-corrected chi connectivity index (χ2v) is 11.0. The molecule has 2 fully saturated rings. The summed E-state index contributed by atoms with van der Waals surface area (Å²) in [5.41, 5.74) is 0.306. The normalized spacial score (nSPS) is 19.3. The minimum absolute atomic E-state index is 0.0189. The van der Waals surface area contributed by atoms with Crippen molar-refractivity contribution < 1.29 is 27.5 Å². The first-order chi connectivity index (χ1) is 19.0. The first kappa shape index (κ1) is 28.0. The van der Waals surface area contributed by atoms with Gasteiger partial charge in [0.1, 0.15) is 17.1 Å². The van der Waals surface area contributed by atoms with Gasteiger partial charge in [0.15, 0.2) is 0 Å². The maximum Gasteiger partial charge on any atom is 0.394 e. The number of nitrogens with one attached hydrogen (secondary N) is 2. The summed E-state index contributed by atoms with van der Waals surface area (Å²) in [7, 11) is 0. The van der Waals surface area contributed by atoms with Gasteiger partial charge >= 0.3 is 6.11 Å². The van der Waals surface area contributed by atoms with Crippen molar-refractivity contribution in [3.05, 3.63) is 74.8 Å². The van der Waals surface area contributed by atoms with Crippen LogP contribution in [0.2, 0.25) is 5.02 Å². The van der Waals surface area contributed by atoms with Crippen LogP contribution in [0, 0.1) is 11.7 Å². The van der Waals surface area contributed by atoms with Crippen molar-refractivity contribution in [3.8, 4) is 5.75 Å². The lowest BCUT2D eigenvalue weighted by Crippen LogP contribution is -2.41. The first-order valence-corrected chi connectivity index (χ1v) is 13.7. The molecule has 0 radical (unpaired) electrons. The summed E-state index contributed by atoms with van der Waals surface area (Å²) in [5, 5.41) is 5.90. The van der Waals surface area contributed by atoms with E-state index in [4.69, 9.17) is 11.6 Å². The smallest absolute Gasteiger partial charge is 0.394 e. The highest BCUT2D eigenvalue weighted by Gasteiger charge is 2.29. The average Bonchev–Trinajstić information content (AvgIpc) is 3.74. The second-order valence-electron chi connectivity index (χ2n) is 10.6. The summed E-state index contributed by atoms with van der Waals surface area (Å²) >= 11 is 5.96. The van der Waals surface area contributed by atoms with Crippen molar-refractivity contribution in [1.29, 1.82) is 0 Å². The van der Waals surface area contributed by atoms with E-state index in [0.29, 0.717) is 37.4 Å². The van der Waals surface area contributed by atoms with Gasteiger partial charge in [-0.1, -0.05) is 11.6 Å². The van der Waals surface area contributed by atoms with E-state index in [1.807, 2.05) is 4.57 Å². The van der Waals surface area contributed by atoms with Gasteiger partial charge in [-0.15, -0.1) is 0 Å². The lowest BCUT2D eigenvalue weighted by atomic mass is 9.86. The molecule has 0 unspecified atom stereocenters. The molecular weight excluding hydrogens is 547 g/mol. The van der Waals surface area contributed by atoms with Crippen LogP contribution in [0.15, 0.2) is 47.4 Å². The highest BCUT2D eigenvalue weighted by molar-refractivity contribution is 6.31. The largest absolute Gasteiger partial charge is 0.433 e. The lowest BCUT2D eigenvalue weighted by molar-refractivity contribution is -0.158. The van der Waals surface area contributed by atoms with Crippen LogP contribution in [-0.2, 0) is 0 Å². The molecule has 2 aromatic carbocycles. The molecule has 40 heavy (non-hydrogen) atoms. The van der Waals surface area contributed by atoms with E-state index >= 15 is 0 Å². The Morgan fingerprint density at radius 1 is 1.05 bits per heavy atom. The summed E-state index contributed by atoms with van der Waals surface area (Å²) in [6.45, 7) is 1.08. The molecule has 1 aromatic heterocycles. The third-order valence-electron chi connectivity index (χ3n) is 7.41. The standard InChI is InChI=1S/C29H29ClF3N3O4/c1-29(32,33)40-20-10-4-17(5-11-20)27(38)34-14-16-2-6-18(7-3-16)35-28(39)22-15-36(19-8-9-19)25-13-23(30)24(31)12-21(25)26(22)37/h4-5,10-13,15-16,18-19H,2-3,6-9,14H2,1H3,(H,34,38)(H,35,39). The lowest BCUT2D eigenvalue weighted by Gasteiger charge is -2.29. The van der Waals surface area contributed by atoms with E-state index in [2.05, 4.69) is 15.4 Å². The molecule has 2 saturated carbocycles. The van der Waals surface area contributed by atoms with Gasteiger partial charge in [0.05, 0.1) is 10.5 Å². The quantitative estimate of drug-likeness (QED) is 0.353. The van der Waals surface area contributed by atoms with Crippen LogP contribution in [0.5, 0.6) is 5.75 Å². The van der Waals surface area contributed by atoms with Gasteiger partial charge in [-0.2, -0.15) is 8.78 Å². The van der Waals surface area contributed by atoms with E-state index in [0.717, 1.165) is 31.7 Å². The number of benzene rings is 2. The predicted octanol–water partition coefficient (Wildman–Crippen LogP) is 5.84. The minimum Gasteiger partial charge on any atom is -0.433 e. The van der Waals surface area contributed by atoms with Crippen LogP contribution in [-0.4, -0.2) is 35.1 Å². The Bertz CT molecular complexity index is 1490. The highest BCUT2D eigenvalue weighted by Crippen LogP contribution is 2.37. The molecule has 212 valence electrons. The molecule has 2 aliphatic rings. The Hall–Kier alpha value is -3.53. The number of ether oxygens (including phenoxy) is 1. The minimum atomic E-state index is -3.30. The van der Waals surface area contributed by atoms with Gasteiger partial charge < -0.3 is 19.9 Å². The monoisotopic (exact) mass is 575 g/mol. The average molecular weight is 576 g/mol. The van der Waals surface area contributed by atoms with Gasteiger partial charge in [-0.25, -0.2) is 4.39 Å². The number of carbonyl (C=O) groups excluding carboxylic acids is 2. The second kappa shape index (κ2) is 11.2. The zero-order valence-corrected chi connectivity index (χ0v) is 22.6. The number of halogens is 4. The van der Waals surface area contributed by atoms with Crippen molar-refractivity contribution in [3.63, 3.8) is 0 Å². The van der Waals surface area contributed by atoms with Gasteiger partial charge in [0.2, 0.25) is 5.43 Å². The fourth-order valence-corrected chi connectivity index (χ4v) is 5.31. The number of fused-ring (bicyclic) bond motifs is 1. The molecule has 0 atom stereocenters. The highest BCUT2D eigenvalue weighted by atomic mass is 35.5. The van der Waals surface area contributed by atoms with E-state index in [1.165, 1.54) is 30.3 Å². The first-order valence-electron chi connectivity index (χ1n) is 13.3. The van der Waals surface area contributed by atoms with Gasteiger partial charge in [0, 0.05) is 42.7 Å². The summed E-state index contributed by atoms with van der Waals surface area (Å²) in [4.78, 5) is 38.7. The number of amides is 2. The van der Waals surface area contributed by atoms with Crippen molar-refractivity contribution in [2.75, 3.05) is 6.54 Å². The van der Waals surface area contributed by atoms with Crippen molar-refractivity contribution in [2.45, 2.75) is 63.6 Å². The van der Waals surface area contributed by atoms with E-state index < -0.39 is 23.3 Å². The fraction of sp³-hybridized carbons (Fsp3) is 0.414. The SMILES string of the molecule is CC(F)(F)Oc1ccc(C(=O)NCC2CCC(NC(=O)c3cn(C4CC4)c4cc(Cl)c(F)cc4c3=O)CC2)cc1. The van der Waals surface area contributed by atoms with Crippen LogP contribution < -0.4 is 20.8 Å². The zero-order chi connectivity index (χ0) is 28.6. The number of rotatable bonds is 8. The van der Waals surface area contributed by atoms with Crippen molar-refractivity contribution >= 4 is 34.3 Å². The summed E-state index contributed by atoms with van der Waals surface area (Å²) < 4.78 is 46.4. The molecule has 0 spiro atoms. The van der Waals surface area contributed by atoms with Gasteiger partial charge in [-0.05, 0) is 80.8 Å². The van der Waals surface area contributed by atoms with Crippen molar-refractivity contribution in [1.82, 2.24) is 15.2 Å². The summed E-state index contributed by atoms with van der Waals surface area (Å²) in [6.07, 6.45) is 2.95. The fourth-order valence-electron chi connectivity index (χ4n) is 5.16. The maximum absolute atomic E-state index is 14.2. The maximum atomic E-state index is 14.2. The van der Waals surface area contributed by atoms with Crippen LogP contribution in [0.1, 0.15) is 72.2 Å². The number of aromatic nitrogens is 1. The van der Waals surface area contributed by atoms with Crippen LogP contribution >= 0.6 is 11.6 Å². The Kier molecular flexibility index (Phi) is 7.81. The Balaban J connectivity index is 1.16. The molecule has 11 heteroatoms. The number of hydrogen-bond acceptors (Lipinski definition) is 4. The molecule has 2 aliphatic carbocycles. The number of hydrogen-bond donors (Lipinski definition) is 2. The van der Waals surface area contributed by atoms with Crippen LogP contribution in [0.4, 0.5) is 13.2 Å². The third-order valence-corrected chi connectivity index (χ3v) is 7.70. The molecule has 0 aliphatic heterocycles. The van der Waals surface area contributed by atoms with Crippen molar-refractivity contribution in [2.24, 2.45) is 5.92 Å². The molecule has 2 N–H and O–H groups in total. The molecule has 7 nitrogen and oxygen atoms in total. The molecule has 0 bridgehead atoms. The molecule has 0 saturated heterocycles. The Morgan fingerprint density at radius 2 is 1.73 bits per heavy atom. The number of alkyl halides is 2. The Morgan fingerprint density at radius 3 is 2.35 bits per heavy atom. The molecule has 5 rings (SSSR count). The zero-order valence-electron chi connectivity index (χ0n) is 21.8. The van der Waals surface area contributed by atoms with E-state index in [9.17, 15) is 27.6 Å².